The van der Waals surface area contributed by atoms with Gasteiger partial charge in [0, 0.05) is 14.1 Å². The van der Waals surface area contributed by atoms with Gasteiger partial charge in [-0.3, -0.25) is 4.79 Å². The minimum Gasteiger partial charge on any atom is -0.493 e. The second-order valence-corrected chi connectivity index (χ2v) is 3.13. The van der Waals surface area contributed by atoms with Crippen LogP contribution in [0.1, 0.15) is 6.42 Å². The molecule has 0 atom stereocenters. The van der Waals surface area contributed by atoms with Crippen LogP contribution in [-0.4, -0.2) is 31.5 Å². The molecule has 0 saturated carbocycles. The van der Waals surface area contributed by atoms with Crippen LogP contribution in [0.4, 0.5) is 0 Å². The van der Waals surface area contributed by atoms with Gasteiger partial charge in [-0.25, -0.2) is 0 Å². The highest BCUT2D eigenvalue weighted by Gasteiger charge is 2.03. The third-order valence-corrected chi connectivity index (χ3v) is 1.76. The summed E-state index contributed by atoms with van der Waals surface area (Å²) in [7, 11) is 3.47. The number of benzene rings is 1. The van der Waals surface area contributed by atoms with E-state index in [0.717, 1.165) is 5.75 Å². The molecule has 3 nitrogen and oxygen atoms in total. The largest absolute Gasteiger partial charge is 0.493 e. The van der Waals surface area contributed by atoms with E-state index in [-0.39, 0.29) is 5.91 Å². The van der Waals surface area contributed by atoms with E-state index in [9.17, 15) is 4.79 Å². The Balaban J connectivity index is 2.26. The van der Waals surface area contributed by atoms with Gasteiger partial charge >= 0.3 is 0 Å². The van der Waals surface area contributed by atoms with Crippen molar-refractivity contribution < 1.29 is 9.53 Å². The topological polar surface area (TPSA) is 29.5 Å². The predicted octanol–water partition coefficient (Wildman–Crippen LogP) is 1.34. The molecular weight excluding hydrogens is 178 g/mol. The lowest BCUT2D eigenvalue weighted by Crippen LogP contribution is -2.23. The van der Waals surface area contributed by atoms with Crippen LogP contribution in [0.5, 0.6) is 5.75 Å². The zero-order valence-corrected chi connectivity index (χ0v) is 8.49. The summed E-state index contributed by atoms with van der Waals surface area (Å²) in [5.41, 5.74) is 0. The monoisotopic (exact) mass is 192 g/mol. The predicted molar refractivity (Wildman–Crippen MR) is 54.1 cm³/mol. The molecule has 0 bridgehead atoms. The van der Waals surface area contributed by atoms with Crippen LogP contribution < -0.4 is 4.74 Å². The molecule has 3 heteroatoms. The standard InChI is InChI=1S/C11H14NO2/c1-12(2)11(13)8-9-14-10-6-4-3-5-7-10/h3-4,6-7H,8-9H2,1-2H3. The lowest BCUT2D eigenvalue weighted by atomic mass is 10.3. The fourth-order valence-corrected chi connectivity index (χ4v) is 0.946. The first kappa shape index (κ1) is 10.6. The number of hydrogen-bond acceptors (Lipinski definition) is 2. The van der Waals surface area contributed by atoms with Gasteiger partial charge in [0.1, 0.15) is 5.75 Å². The molecule has 0 saturated heterocycles. The SMILES string of the molecule is CN(C)C(=O)CCOc1c[c]ccc1. The molecule has 0 aliphatic rings. The van der Waals surface area contributed by atoms with Gasteiger partial charge in [0.2, 0.25) is 5.91 Å². The molecule has 1 radical (unpaired) electrons. The van der Waals surface area contributed by atoms with Crippen molar-refractivity contribution in [2.75, 3.05) is 20.7 Å². The molecule has 0 aromatic heterocycles. The molecule has 0 aliphatic heterocycles. The molecule has 0 spiro atoms. The van der Waals surface area contributed by atoms with E-state index in [4.69, 9.17) is 4.74 Å². The van der Waals surface area contributed by atoms with Crippen molar-refractivity contribution in [3.05, 3.63) is 30.3 Å². The van der Waals surface area contributed by atoms with E-state index >= 15 is 0 Å². The quantitative estimate of drug-likeness (QED) is 0.720. The highest BCUT2D eigenvalue weighted by molar-refractivity contribution is 5.75. The average molecular weight is 192 g/mol. The number of carbonyl (C=O) groups is 1. The number of ether oxygens (including phenoxy) is 1. The van der Waals surface area contributed by atoms with Crippen molar-refractivity contribution in [3.63, 3.8) is 0 Å². The number of amides is 1. The summed E-state index contributed by atoms with van der Waals surface area (Å²) >= 11 is 0. The van der Waals surface area contributed by atoms with Crippen molar-refractivity contribution in [1.82, 2.24) is 4.90 Å². The maximum Gasteiger partial charge on any atom is 0.225 e. The van der Waals surface area contributed by atoms with Crippen molar-refractivity contribution in [2.45, 2.75) is 6.42 Å². The summed E-state index contributed by atoms with van der Waals surface area (Å²) in [6.45, 7) is 0.412. The third kappa shape index (κ3) is 3.47. The van der Waals surface area contributed by atoms with Gasteiger partial charge in [0.15, 0.2) is 0 Å². The van der Waals surface area contributed by atoms with Crippen LogP contribution in [0.15, 0.2) is 24.3 Å². The Labute approximate surface area is 84.3 Å². The maximum atomic E-state index is 11.2. The molecule has 1 rings (SSSR count). The molecule has 0 fully saturated rings. The molecule has 14 heavy (non-hydrogen) atoms. The Morgan fingerprint density at radius 3 is 2.93 bits per heavy atom. The third-order valence-electron chi connectivity index (χ3n) is 1.76. The zero-order valence-electron chi connectivity index (χ0n) is 8.49. The molecule has 0 N–H and O–H groups in total. The maximum absolute atomic E-state index is 11.2. The number of hydrogen-bond donors (Lipinski definition) is 0. The Bertz CT molecular complexity index is 283. The summed E-state index contributed by atoms with van der Waals surface area (Å²) in [6, 6.07) is 10.1. The molecule has 1 aromatic carbocycles. The van der Waals surface area contributed by atoms with Crippen LogP contribution in [-0.2, 0) is 4.79 Å². The smallest absolute Gasteiger partial charge is 0.225 e. The van der Waals surface area contributed by atoms with Gasteiger partial charge in [-0.05, 0) is 18.2 Å². The number of rotatable bonds is 4. The highest BCUT2D eigenvalue weighted by Crippen LogP contribution is 2.07. The molecule has 1 aromatic rings. The lowest BCUT2D eigenvalue weighted by Gasteiger charge is -2.10. The van der Waals surface area contributed by atoms with Crippen molar-refractivity contribution in [2.24, 2.45) is 0 Å². The van der Waals surface area contributed by atoms with Crippen molar-refractivity contribution in [3.8, 4) is 5.75 Å². The fourth-order valence-electron chi connectivity index (χ4n) is 0.946. The summed E-state index contributed by atoms with van der Waals surface area (Å²) in [5, 5.41) is 0. The number of carbonyl (C=O) groups excluding carboxylic acids is 1. The van der Waals surface area contributed by atoms with E-state index in [2.05, 4.69) is 6.07 Å². The molecule has 75 valence electrons. The summed E-state index contributed by atoms with van der Waals surface area (Å²) in [4.78, 5) is 12.7. The first-order chi connectivity index (χ1) is 6.70. The van der Waals surface area contributed by atoms with Gasteiger partial charge in [-0.2, -0.15) is 0 Å². The Morgan fingerprint density at radius 2 is 2.36 bits per heavy atom. The second kappa shape index (κ2) is 5.27. The summed E-state index contributed by atoms with van der Waals surface area (Å²) < 4.78 is 5.35. The first-order valence-electron chi connectivity index (χ1n) is 4.49. The van der Waals surface area contributed by atoms with E-state index in [1.807, 2.05) is 12.1 Å². The van der Waals surface area contributed by atoms with Crippen LogP contribution in [0.2, 0.25) is 0 Å². The van der Waals surface area contributed by atoms with Gasteiger partial charge in [0.05, 0.1) is 13.0 Å². The van der Waals surface area contributed by atoms with E-state index < -0.39 is 0 Å². The van der Waals surface area contributed by atoms with Crippen LogP contribution in [0.3, 0.4) is 0 Å². The van der Waals surface area contributed by atoms with Crippen LogP contribution in [0.25, 0.3) is 0 Å². The normalized spacial score (nSPS) is 9.57. The lowest BCUT2D eigenvalue weighted by molar-refractivity contribution is -0.129. The summed E-state index contributed by atoms with van der Waals surface area (Å²) in [6.07, 6.45) is 0.405. The average Bonchev–Trinajstić information content (AvgIpc) is 2.19. The molecule has 0 unspecified atom stereocenters. The minimum atomic E-state index is 0.0740. The van der Waals surface area contributed by atoms with Gasteiger partial charge < -0.3 is 9.64 Å². The van der Waals surface area contributed by atoms with E-state index in [1.165, 1.54) is 0 Å². The molecule has 0 aliphatic carbocycles. The summed E-state index contributed by atoms with van der Waals surface area (Å²) in [5.74, 6) is 0.823. The van der Waals surface area contributed by atoms with Crippen LogP contribution >= 0.6 is 0 Å². The minimum absolute atomic E-state index is 0.0740. The first-order valence-corrected chi connectivity index (χ1v) is 4.49. The number of nitrogens with zero attached hydrogens (tertiary/aromatic N) is 1. The van der Waals surface area contributed by atoms with E-state index in [0.29, 0.717) is 13.0 Å². The van der Waals surface area contributed by atoms with Crippen molar-refractivity contribution in [1.29, 1.82) is 0 Å². The highest BCUT2D eigenvalue weighted by atomic mass is 16.5. The zero-order chi connectivity index (χ0) is 10.4. The molecule has 0 heterocycles. The molecular formula is C11H14NO2. The second-order valence-electron chi connectivity index (χ2n) is 3.13. The Morgan fingerprint density at radius 1 is 1.57 bits per heavy atom. The van der Waals surface area contributed by atoms with Gasteiger partial charge in [-0.15, -0.1) is 0 Å². The molecule has 1 amide bonds. The van der Waals surface area contributed by atoms with E-state index in [1.54, 1.807) is 31.1 Å². The van der Waals surface area contributed by atoms with Crippen molar-refractivity contribution >= 4 is 5.91 Å². The Kier molecular flexibility index (Phi) is 3.98. The van der Waals surface area contributed by atoms with Gasteiger partial charge in [-0.1, -0.05) is 12.1 Å². The van der Waals surface area contributed by atoms with Crippen LogP contribution in [0, 0.1) is 6.07 Å². The Hall–Kier alpha value is -1.51. The fraction of sp³-hybridized carbons (Fsp3) is 0.364. The van der Waals surface area contributed by atoms with Gasteiger partial charge in [0.25, 0.3) is 0 Å².